The van der Waals surface area contributed by atoms with E-state index in [2.05, 4.69) is 173 Å². The van der Waals surface area contributed by atoms with Gasteiger partial charge >= 0.3 is 0 Å². The summed E-state index contributed by atoms with van der Waals surface area (Å²) < 4.78 is 11.3. The fourth-order valence-corrected chi connectivity index (χ4v) is 8.63. The number of hydrogen-bond donors (Lipinski definition) is 0. The molecule has 5 nitrogen and oxygen atoms in total. The first-order valence-corrected chi connectivity index (χ1v) is 17.9. The molecule has 246 valence electrons. The van der Waals surface area contributed by atoms with Crippen molar-refractivity contribution >= 4 is 87.2 Å². The van der Waals surface area contributed by atoms with E-state index in [4.69, 9.17) is 14.4 Å². The van der Waals surface area contributed by atoms with Gasteiger partial charge in [0, 0.05) is 49.0 Å². The molecule has 0 aliphatic rings. The van der Waals surface area contributed by atoms with Crippen LogP contribution in [0.5, 0.6) is 0 Å². The van der Waals surface area contributed by atoms with Crippen LogP contribution in [0, 0.1) is 0 Å². The number of fused-ring (bicyclic) bond motifs is 12. The minimum Gasteiger partial charge on any atom is -0.455 e. The van der Waals surface area contributed by atoms with Crippen LogP contribution in [0.15, 0.2) is 174 Å². The Morgan fingerprint density at radius 2 is 1.06 bits per heavy atom. The number of hydrogen-bond acceptors (Lipinski definition) is 3. The lowest BCUT2D eigenvalue weighted by Gasteiger charge is -2.12. The molecule has 4 heterocycles. The van der Waals surface area contributed by atoms with Crippen LogP contribution in [0.25, 0.3) is 110 Å². The maximum atomic E-state index is 6.73. The summed E-state index contributed by atoms with van der Waals surface area (Å²) in [7, 11) is 0. The van der Waals surface area contributed by atoms with Gasteiger partial charge in [-0.25, -0.2) is 9.97 Å². The average Bonchev–Trinajstić information content (AvgIpc) is 3.87. The quantitative estimate of drug-likeness (QED) is 0.187. The van der Waals surface area contributed by atoms with Crippen LogP contribution in [0.1, 0.15) is 0 Å². The van der Waals surface area contributed by atoms with Crippen molar-refractivity contribution in [2.24, 2.45) is 0 Å². The maximum absolute atomic E-state index is 6.73. The van der Waals surface area contributed by atoms with E-state index in [1.165, 1.54) is 27.1 Å². The van der Waals surface area contributed by atoms with Crippen molar-refractivity contribution in [3.63, 3.8) is 0 Å². The molecular weight excluding hydrogens is 649 g/mol. The summed E-state index contributed by atoms with van der Waals surface area (Å²) in [6, 6.07) is 59.9. The van der Waals surface area contributed by atoms with E-state index in [-0.39, 0.29) is 0 Å². The first kappa shape index (κ1) is 28.5. The third kappa shape index (κ3) is 3.96. The SMILES string of the molecule is c1ccc(-n2c3ccccc3c3cc4c5ccccc5n(-c5nc(-c6cccc7c6oc6ccc8ccccc8c67)c6ccccc6n5)c4cc32)cc1. The van der Waals surface area contributed by atoms with Crippen molar-refractivity contribution in [2.45, 2.75) is 0 Å². The normalized spacial score (nSPS) is 12.2. The highest BCUT2D eigenvalue weighted by Crippen LogP contribution is 2.42. The van der Waals surface area contributed by atoms with Crippen LogP contribution in [0.3, 0.4) is 0 Å². The summed E-state index contributed by atoms with van der Waals surface area (Å²) in [5.74, 6) is 0.616. The van der Waals surface area contributed by atoms with Gasteiger partial charge in [0.2, 0.25) is 5.95 Å². The molecule has 0 aliphatic carbocycles. The van der Waals surface area contributed by atoms with Crippen LogP contribution in [0.2, 0.25) is 0 Å². The van der Waals surface area contributed by atoms with Crippen molar-refractivity contribution < 1.29 is 4.42 Å². The van der Waals surface area contributed by atoms with Crippen LogP contribution >= 0.6 is 0 Å². The highest BCUT2D eigenvalue weighted by atomic mass is 16.3. The molecule has 0 saturated heterocycles. The van der Waals surface area contributed by atoms with E-state index in [1.54, 1.807) is 0 Å². The predicted octanol–water partition coefficient (Wildman–Crippen LogP) is 12.5. The Labute approximate surface area is 302 Å². The van der Waals surface area contributed by atoms with Gasteiger partial charge in [-0.15, -0.1) is 0 Å². The number of rotatable bonds is 3. The predicted molar refractivity (Wildman–Crippen MR) is 218 cm³/mol. The fraction of sp³-hybridized carbons (Fsp3) is 0. The molecule has 0 unspecified atom stereocenters. The highest BCUT2D eigenvalue weighted by Gasteiger charge is 2.22. The molecular formula is C48H28N4O. The number of para-hydroxylation sites is 5. The summed E-state index contributed by atoms with van der Waals surface area (Å²) in [5, 5.41) is 10.3. The van der Waals surface area contributed by atoms with Gasteiger partial charge in [0.15, 0.2) is 0 Å². The molecule has 0 N–H and O–H groups in total. The van der Waals surface area contributed by atoms with E-state index in [1.807, 2.05) is 6.07 Å². The van der Waals surface area contributed by atoms with E-state index in [0.29, 0.717) is 5.95 Å². The minimum atomic E-state index is 0.616. The molecule has 0 radical (unpaired) electrons. The van der Waals surface area contributed by atoms with Gasteiger partial charge in [-0.3, -0.25) is 4.57 Å². The third-order valence-corrected chi connectivity index (χ3v) is 10.9. The lowest BCUT2D eigenvalue weighted by atomic mass is 10.0. The maximum Gasteiger partial charge on any atom is 0.235 e. The van der Waals surface area contributed by atoms with Gasteiger partial charge in [-0.2, -0.15) is 0 Å². The monoisotopic (exact) mass is 676 g/mol. The molecule has 8 aromatic carbocycles. The van der Waals surface area contributed by atoms with E-state index < -0.39 is 0 Å². The molecule has 0 saturated carbocycles. The van der Waals surface area contributed by atoms with Crippen LogP contribution in [0.4, 0.5) is 0 Å². The van der Waals surface area contributed by atoms with Gasteiger partial charge in [0.25, 0.3) is 0 Å². The number of furan rings is 1. The molecule has 53 heavy (non-hydrogen) atoms. The topological polar surface area (TPSA) is 48.8 Å². The van der Waals surface area contributed by atoms with Gasteiger partial charge < -0.3 is 8.98 Å². The van der Waals surface area contributed by atoms with Gasteiger partial charge in [-0.05, 0) is 65.4 Å². The molecule has 12 aromatic rings. The van der Waals surface area contributed by atoms with Crippen LogP contribution in [-0.2, 0) is 0 Å². The second-order valence-corrected chi connectivity index (χ2v) is 13.8. The largest absolute Gasteiger partial charge is 0.455 e. The first-order valence-electron chi connectivity index (χ1n) is 17.9. The molecule has 0 amide bonds. The molecule has 12 rings (SSSR count). The minimum absolute atomic E-state index is 0.616. The Kier molecular flexibility index (Phi) is 5.71. The van der Waals surface area contributed by atoms with Crippen molar-refractivity contribution in [1.29, 1.82) is 0 Å². The fourth-order valence-electron chi connectivity index (χ4n) is 8.63. The van der Waals surface area contributed by atoms with Crippen LogP contribution in [-0.4, -0.2) is 19.1 Å². The molecule has 0 atom stereocenters. The second-order valence-electron chi connectivity index (χ2n) is 13.8. The summed E-state index contributed by atoms with van der Waals surface area (Å²) in [5.41, 5.74) is 9.87. The average molecular weight is 677 g/mol. The van der Waals surface area contributed by atoms with Gasteiger partial charge in [-0.1, -0.05) is 115 Å². The Bertz CT molecular complexity index is 3460. The summed E-state index contributed by atoms with van der Waals surface area (Å²) in [6.45, 7) is 0. The lowest BCUT2D eigenvalue weighted by Crippen LogP contribution is -2.03. The first-order chi connectivity index (χ1) is 26.3. The number of nitrogens with zero attached hydrogens (tertiary/aromatic N) is 4. The molecule has 0 bridgehead atoms. The highest BCUT2D eigenvalue weighted by molar-refractivity contribution is 6.22. The summed E-state index contributed by atoms with van der Waals surface area (Å²) in [6.07, 6.45) is 0. The zero-order valence-electron chi connectivity index (χ0n) is 28.4. The van der Waals surface area contributed by atoms with E-state index >= 15 is 0 Å². The van der Waals surface area contributed by atoms with Crippen molar-refractivity contribution in [3.8, 4) is 22.9 Å². The molecule has 0 spiro atoms. The Hall–Kier alpha value is -7.24. The number of benzene rings is 8. The standard InChI is InChI=1S/C48H28N4O/c1-2-14-30(15-3-1)51-40-23-10-7-17-32(40)37-27-38-33-18-8-11-24-41(33)52(43(38)28-42(37)51)48-49-39-22-9-6-19-34(39)46(50-48)36-21-12-20-35-45-31-16-5-4-13-29(31)25-26-44(45)53-47(35)36/h1-28H. The molecule has 5 heteroatoms. The Morgan fingerprint density at radius 1 is 0.415 bits per heavy atom. The van der Waals surface area contributed by atoms with Gasteiger partial charge in [0.05, 0.1) is 33.3 Å². The molecule has 0 aliphatic heterocycles. The van der Waals surface area contributed by atoms with E-state index in [0.717, 1.165) is 77.1 Å². The zero-order valence-corrected chi connectivity index (χ0v) is 28.4. The van der Waals surface area contributed by atoms with Crippen molar-refractivity contribution in [2.75, 3.05) is 0 Å². The van der Waals surface area contributed by atoms with Crippen molar-refractivity contribution in [1.82, 2.24) is 19.1 Å². The second kappa shape index (κ2) is 10.6. The summed E-state index contributed by atoms with van der Waals surface area (Å²) in [4.78, 5) is 10.8. The lowest BCUT2D eigenvalue weighted by molar-refractivity contribution is 0.670. The smallest absolute Gasteiger partial charge is 0.235 e. The summed E-state index contributed by atoms with van der Waals surface area (Å²) >= 11 is 0. The van der Waals surface area contributed by atoms with E-state index in [9.17, 15) is 0 Å². The molecule has 4 aromatic heterocycles. The Balaban J connectivity index is 1.19. The molecule has 0 fully saturated rings. The van der Waals surface area contributed by atoms with Gasteiger partial charge in [0.1, 0.15) is 11.2 Å². The Morgan fingerprint density at radius 3 is 1.87 bits per heavy atom. The third-order valence-electron chi connectivity index (χ3n) is 10.9. The van der Waals surface area contributed by atoms with Crippen molar-refractivity contribution in [3.05, 3.63) is 170 Å². The zero-order chi connectivity index (χ0) is 34.6. The number of aromatic nitrogens is 4. The van der Waals surface area contributed by atoms with Crippen LogP contribution < -0.4 is 0 Å².